The Morgan fingerprint density at radius 1 is 1.25 bits per heavy atom. The van der Waals surface area contributed by atoms with Crippen molar-refractivity contribution in [2.45, 2.75) is 13.0 Å². The molecule has 3 nitrogen and oxygen atoms in total. The minimum atomic E-state index is -0.354. The smallest absolute Gasteiger partial charge is 0.251 e. The van der Waals surface area contributed by atoms with Crippen molar-refractivity contribution in [3.63, 3.8) is 0 Å². The summed E-state index contributed by atoms with van der Waals surface area (Å²) < 4.78 is 13.1. The highest BCUT2D eigenvalue weighted by molar-refractivity contribution is 6.33. The van der Waals surface area contributed by atoms with Crippen LogP contribution in [0.25, 0.3) is 0 Å². The summed E-state index contributed by atoms with van der Waals surface area (Å²) in [7, 11) is 0. The second-order valence-electron chi connectivity index (χ2n) is 4.25. The molecule has 0 aliphatic heterocycles. The molecule has 0 spiro atoms. The summed E-state index contributed by atoms with van der Waals surface area (Å²) in [5, 5.41) is 3.02. The molecule has 1 atom stereocenters. The monoisotopic (exact) mass is 312 g/mol. The lowest BCUT2D eigenvalue weighted by Gasteiger charge is -2.14. The molecule has 2 aromatic rings. The van der Waals surface area contributed by atoms with Crippen LogP contribution in [-0.4, -0.2) is 10.9 Å². The Kier molecular flexibility index (Phi) is 4.57. The molecule has 0 saturated carbocycles. The number of benzene rings is 1. The van der Waals surface area contributed by atoms with E-state index < -0.39 is 0 Å². The molecule has 0 aliphatic rings. The summed E-state index contributed by atoms with van der Waals surface area (Å²) in [6.07, 6.45) is 0. The first-order valence-corrected chi connectivity index (χ1v) is 6.60. The first-order valence-electron chi connectivity index (χ1n) is 5.85. The van der Waals surface area contributed by atoms with Crippen molar-refractivity contribution in [2.75, 3.05) is 0 Å². The Bertz CT molecular complexity index is 629. The maximum absolute atomic E-state index is 13.1. The average molecular weight is 313 g/mol. The minimum absolute atomic E-state index is 0.140. The number of amides is 1. The summed E-state index contributed by atoms with van der Waals surface area (Å²) in [5.41, 5.74) is 0.975. The molecule has 1 aromatic heterocycles. The molecular formula is C14H11Cl2FN2O. The van der Waals surface area contributed by atoms with E-state index in [-0.39, 0.29) is 28.1 Å². The van der Waals surface area contributed by atoms with E-state index in [1.807, 2.05) is 0 Å². The van der Waals surface area contributed by atoms with Crippen molar-refractivity contribution in [1.82, 2.24) is 10.3 Å². The lowest BCUT2D eigenvalue weighted by molar-refractivity contribution is 0.0939. The highest BCUT2D eigenvalue weighted by Gasteiger charge is 2.13. The quantitative estimate of drug-likeness (QED) is 0.870. The van der Waals surface area contributed by atoms with Crippen LogP contribution in [0.2, 0.25) is 10.3 Å². The third-order valence-electron chi connectivity index (χ3n) is 2.72. The van der Waals surface area contributed by atoms with E-state index in [4.69, 9.17) is 23.2 Å². The lowest BCUT2D eigenvalue weighted by atomic mass is 10.1. The first kappa shape index (κ1) is 14.8. The van der Waals surface area contributed by atoms with Gasteiger partial charge in [0.1, 0.15) is 16.1 Å². The number of nitrogens with one attached hydrogen (secondary N) is 1. The number of pyridine rings is 1. The number of hydrogen-bond donors (Lipinski definition) is 1. The molecule has 2 rings (SSSR count). The van der Waals surface area contributed by atoms with Gasteiger partial charge in [0.15, 0.2) is 0 Å². The molecule has 20 heavy (non-hydrogen) atoms. The van der Waals surface area contributed by atoms with Gasteiger partial charge in [0.2, 0.25) is 0 Å². The molecule has 1 N–H and O–H groups in total. The number of halogens is 3. The van der Waals surface area contributed by atoms with Crippen molar-refractivity contribution < 1.29 is 9.18 Å². The molecule has 1 amide bonds. The van der Waals surface area contributed by atoms with E-state index in [0.717, 1.165) is 0 Å². The van der Waals surface area contributed by atoms with Gasteiger partial charge in [-0.05, 0) is 36.8 Å². The fourth-order valence-electron chi connectivity index (χ4n) is 1.74. The zero-order valence-electron chi connectivity index (χ0n) is 10.5. The van der Waals surface area contributed by atoms with Gasteiger partial charge in [0, 0.05) is 5.56 Å². The second-order valence-corrected chi connectivity index (χ2v) is 5.03. The summed E-state index contributed by atoms with van der Waals surface area (Å²) in [6, 6.07) is 8.54. The Morgan fingerprint density at radius 3 is 2.50 bits per heavy atom. The van der Waals surface area contributed by atoms with Gasteiger partial charge in [-0.2, -0.15) is 0 Å². The van der Waals surface area contributed by atoms with Gasteiger partial charge in [-0.3, -0.25) is 4.79 Å². The third kappa shape index (κ3) is 3.68. The standard InChI is InChI=1S/C14H11Cl2FN2O/c1-8(9-3-2-4-11(17)5-9)18-14(20)10-6-12(15)19-13(16)7-10/h2-8H,1H3,(H,18,20). The summed E-state index contributed by atoms with van der Waals surface area (Å²) in [6.45, 7) is 1.76. The van der Waals surface area contributed by atoms with E-state index in [0.29, 0.717) is 11.1 Å². The van der Waals surface area contributed by atoms with Crippen LogP contribution in [0, 0.1) is 5.82 Å². The highest BCUT2D eigenvalue weighted by Crippen LogP contribution is 2.17. The van der Waals surface area contributed by atoms with E-state index in [2.05, 4.69) is 10.3 Å². The van der Waals surface area contributed by atoms with E-state index in [9.17, 15) is 9.18 Å². The number of carbonyl (C=O) groups is 1. The lowest BCUT2D eigenvalue weighted by Crippen LogP contribution is -2.26. The van der Waals surface area contributed by atoms with Crippen LogP contribution >= 0.6 is 23.2 Å². The molecule has 0 radical (unpaired) electrons. The summed E-state index contributed by atoms with van der Waals surface area (Å²) >= 11 is 11.5. The maximum atomic E-state index is 13.1. The predicted molar refractivity (Wildman–Crippen MR) is 76.5 cm³/mol. The Hall–Kier alpha value is -1.65. The fraction of sp³-hybridized carbons (Fsp3) is 0.143. The zero-order valence-corrected chi connectivity index (χ0v) is 12.0. The predicted octanol–water partition coefficient (Wildman–Crippen LogP) is 4.02. The van der Waals surface area contributed by atoms with Gasteiger partial charge in [0.25, 0.3) is 5.91 Å². The van der Waals surface area contributed by atoms with Crippen LogP contribution in [0.15, 0.2) is 36.4 Å². The SMILES string of the molecule is CC(NC(=O)c1cc(Cl)nc(Cl)c1)c1cccc(F)c1. The molecule has 0 saturated heterocycles. The van der Waals surface area contributed by atoms with Gasteiger partial charge in [-0.25, -0.2) is 9.37 Å². The van der Waals surface area contributed by atoms with Crippen molar-refractivity contribution in [2.24, 2.45) is 0 Å². The first-order chi connectivity index (χ1) is 9.45. The van der Waals surface area contributed by atoms with Crippen LogP contribution in [0.4, 0.5) is 4.39 Å². The number of rotatable bonds is 3. The van der Waals surface area contributed by atoms with Crippen molar-refractivity contribution in [3.05, 3.63) is 63.6 Å². The van der Waals surface area contributed by atoms with Gasteiger partial charge in [-0.1, -0.05) is 35.3 Å². The molecule has 1 unspecified atom stereocenters. The van der Waals surface area contributed by atoms with Gasteiger partial charge >= 0.3 is 0 Å². The zero-order chi connectivity index (χ0) is 14.7. The molecular weight excluding hydrogens is 302 g/mol. The largest absolute Gasteiger partial charge is 0.346 e. The molecule has 0 fully saturated rings. The normalized spacial score (nSPS) is 12.0. The number of aromatic nitrogens is 1. The van der Waals surface area contributed by atoms with Crippen LogP contribution in [0.5, 0.6) is 0 Å². The number of nitrogens with zero attached hydrogens (tertiary/aromatic N) is 1. The van der Waals surface area contributed by atoms with Crippen molar-refractivity contribution >= 4 is 29.1 Å². The highest BCUT2D eigenvalue weighted by atomic mass is 35.5. The maximum Gasteiger partial charge on any atom is 0.251 e. The Balaban J connectivity index is 2.15. The van der Waals surface area contributed by atoms with Crippen molar-refractivity contribution in [1.29, 1.82) is 0 Å². The van der Waals surface area contributed by atoms with E-state index in [1.54, 1.807) is 19.1 Å². The average Bonchev–Trinajstić information content (AvgIpc) is 2.37. The van der Waals surface area contributed by atoms with E-state index in [1.165, 1.54) is 24.3 Å². The molecule has 1 aromatic carbocycles. The second kappa shape index (κ2) is 6.20. The van der Waals surface area contributed by atoms with Gasteiger partial charge in [0.05, 0.1) is 6.04 Å². The molecule has 1 heterocycles. The fourth-order valence-corrected chi connectivity index (χ4v) is 2.20. The molecule has 0 aliphatic carbocycles. The summed E-state index contributed by atoms with van der Waals surface area (Å²) in [5.74, 6) is -0.702. The third-order valence-corrected chi connectivity index (χ3v) is 3.11. The minimum Gasteiger partial charge on any atom is -0.346 e. The molecule has 104 valence electrons. The van der Waals surface area contributed by atoms with Gasteiger partial charge < -0.3 is 5.32 Å². The van der Waals surface area contributed by atoms with Crippen LogP contribution in [0.3, 0.4) is 0 Å². The Morgan fingerprint density at radius 2 is 1.90 bits per heavy atom. The van der Waals surface area contributed by atoms with E-state index >= 15 is 0 Å². The summed E-state index contributed by atoms with van der Waals surface area (Å²) in [4.78, 5) is 15.8. The van der Waals surface area contributed by atoms with Crippen LogP contribution in [0.1, 0.15) is 28.9 Å². The Labute approximate surface area is 125 Å². The van der Waals surface area contributed by atoms with Crippen LogP contribution in [-0.2, 0) is 0 Å². The topological polar surface area (TPSA) is 42.0 Å². The molecule has 6 heteroatoms. The number of carbonyl (C=O) groups excluding carboxylic acids is 1. The number of hydrogen-bond acceptors (Lipinski definition) is 2. The molecule has 0 bridgehead atoms. The van der Waals surface area contributed by atoms with Crippen LogP contribution < -0.4 is 5.32 Å². The van der Waals surface area contributed by atoms with Gasteiger partial charge in [-0.15, -0.1) is 0 Å². The van der Waals surface area contributed by atoms with Crippen molar-refractivity contribution in [3.8, 4) is 0 Å².